The monoisotopic (exact) mass is 618 g/mol. The molecule has 0 bridgehead atoms. The lowest BCUT2D eigenvalue weighted by atomic mass is 9.70. The number of aryl methyl sites for hydroxylation is 2. The van der Waals surface area contributed by atoms with Crippen LogP contribution in [-0.2, 0) is 26.1 Å². The van der Waals surface area contributed by atoms with Gasteiger partial charge in [0.05, 0.1) is 36.7 Å². The molecule has 7 rings (SSSR count). The fourth-order valence-corrected chi connectivity index (χ4v) is 7.88. The van der Waals surface area contributed by atoms with Crippen LogP contribution in [0.3, 0.4) is 0 Å². The highest BCUT2D eigenvalue weighted by Crippen LogP contribution is 2.45. The zero-order chi connectivity index (χ0) is 31.0. The summed E-state index contributed by atoms with van der Waals surface area (Å²) >= 11 is 0. The second kappa shape index (κ2) is 10.0. The van der Waals surface area contributed by atoms with Crippen LogP contribution in [0.15, 0.2) is 47.6 Å². The van der Waals surface area contributed by atoms with Crippen molar-refractivity contribution >= 4 is 27.0 Å². The predicted octanol–water partition coefficient (Wildman–Crippen LogP) is 3.77. The Morgan fingerprint density at radius 3 is 2.64 bits per heavy atom. The topological polar surface area (TPSA) is 150 Å². The minimum Gasteiger partial charge on any atom is -0.481 e. The largest absolute Gasteiger partial charge is 0.481 e. The SMILES string of the molecule is Cc1ncc([C@H](c2ccc3c(nnn3C3CC3)c2C)C(C)(C)C(=O)O)cc1CN1CC2(COC2)Oc2ncccc2S1(=O)=O. The van der Waals surface area contributed by atoms with Gasteiger partial charge >= 0.3 is 5.97 Å². The van der Waals surface area contributed by atoms with Gasteiger partial charge in [0.2, 0.25) is 15.9 Å². The zero-order valence-corrected chi connectivity index (χ0v) is 25.8. The quantitative estimate of drug-likeness (QED) is 0.324. The van der Waals surface area contributed by atoms with Gasteiger partial charge in [0.1, 0.15) is 10.4 Å². The number of carbonyl (C=O) groups is 1. The van der Waals surface area contributed by atoms with Crippen molar-refractivity contribution in [3.8, 4) is 5.88 Å². The van der Waals surface area contributed by atoms with Crippen LogP contribution >= 0.6 is 0 Å². The van der Waals surface area contributed by atoms with Gasteiger partial charge in [-0.3, -0.25) is 9.78 Å². The number of hydrogen-bond acceptors (Lipinski definition) is 9. The summed E-state index contributed by atoms with van der Waals surface area (Å²) < 4.78 is 42.8. The van der Waals surface area contributed by atoms with Gasteiger partial charge in [-0.25, -0.2) is 18.1 Å². The van der Waals surface area contributed by atoms with E-state index >= 15 is 0 Å². The number of fused-ring (bicyclic) bond motifs is 2. The summed E-state index contributed by atoms with van der Waals surface area (Å²) in [5.41, 5.74) is 3.25. The molecule has 1 atom stereocenters. The average molecular weight is 619 g/mol. The van der Waals surface area contributed by atoms with Crippen molar-refractivity contribution in [1.82, 2.24) is 29.3 Å². The maximum Gasteiger partial charge on any atom is 0.310 e. The molecular formula is C31H34N6O6S. The van der Waals surface area contributed by atoms with E-state index in [4.69, 9.17) is 9.47 Å². The van der Waals surface area contributed by atoms with Gasteiger partial charge in [0.15, 0.2) is 5.60 Å². The van der Waals surface area contributed by atoms with E-state index in [1.54, 1.807) is 26.1 Å². The van der Waals surface area contributed by atoms with Crippen molar-refractivity contribution in [2.75, 3.05) is 19.8 Å². The van der Waals surface area contributed by atoms with Gasteiger partial charge in [0, 0.05) is 30.6 Å². The van der Waals surface area contributed by atoms with Crippen molar-refractivity contribution < 1.29 is 27.8 Å². The van der Waals surface area contributed by atoms with Crippen LogP contribution in [0.2, 0.25) is 0 Å². The number of carboxylic acids is 1. The molecule has 12 nitrogen and oxygen atoms in total. The van der Waals surface area contributed by atoms with Crippen LogP contribution < -0.4 is 4.74 Å². The second-order valence-corrected chi connectivity index (χ2v) is 14.6. The Balaban J connectivity index is 1.32. The Labute approximate surface area is 255 Å². The number of pyridine rings is 2. The summed E-state index contributed by atoms with van der Waals surface area (Å²) in [4.78, 5) is 21.6. The van der Waals surface area contributed by atoms with Gasteiger partial charge in [-0.1, -0.05) is 17.3 Å². The van der Waals surface area contributed by atoms with Crippen molar-refractivity contribution in [2.45, 2.75) is 69.5 Å². The third-order valence-corrected chi connectivity index (χ3v) is 11.0. The zero-order valence-electron chi connectivity index (χ0n) is 25.0. The van der Waals surface area contributed by atoms with Gasteiger partial charge in [-0.15, -0.1) is 5.10 Å². The minimum atomic E-state index is -3.99. The van der Waals surface area contributed by atoms with Crippen LogP contribution in [0.5, 0.6) is 5.88 Å². The lowest BCUT2D eigenvalue weighted by Crippen LogP contribution is -2.60. The molecule has 4 aromatic rings. The standard InChI is InChI=1S/C31H34N6O6S/c1-18-23(9-10-24-27(18)34-35-37(24)22-7-8-22)26(30(3,4)29(38)39)20-12-21(19(2)33-13-20)14-36-15-31(16-42-17-31)43-28-25(44(36,40)41)6-5-11-32-28/h5-6,9-13,22,26H,7-8,14-17H2,1-4H3,(H,38,39)/t26-/m1/s1. The molecular weight excluding hydrogens is 584 g/mol. The number of nitrogens with zero attached hydrogens (tertiary/aromatic N) is 6. The first-order valence-electron chi connectivity index (χ1n) is 14.7. The first-order valence-corrected chi connectivity index (χ1v) is 16.1. The molecule has 230 valence electrons. The number of aromatic nitrogens is 5. The molecule has 3 aliphatic rings. The van der Waals surface area contributed by atoms with Crippen LogP contribution in [0.1, 0.15) is 66.6 Å². The van der Waals surface area contributed by atoms with Crippen LogP contribution in [0.25, 0.3) is 11.0 Å². The smallest absolute Gasteiger partial charge is 0.310 e. The van der Waals surface area contributed by atoms with E-state index in [9.17, 15) is 18.3 Å². The first-order chi connectivity index (χ1) is 20.9. The number of benzene rings is 1. The number of ether oxygens (including phenoxy) is 2. The Morgan fingerprint density at radius 1 is 1.18 bits per heavy atom. The second-order valence-electron chi connectivity index (χ2n) is 12.7. The van der Waals surface area contributed by atoms with Crippen LogP contribution in [-0.4, -0.2) is 74.1 Å². The maximum absolute atomic E-state index is 13.9. The fourth-order valence-electron chi connectivity index (χ4n) is 6.32. The predicted molar refractivity (Wildman–Crippen MR) is 159 cm³/mol. The minimum absolute atomic E-state index is 0.00130. The molecule has 1 spiro atoms. The highest BCUT2D eigenvalue weighted by molar-refractivity contribution is 7.89. The Bertz CT molecular complexity index is 1910. The summed E-state index contributed by atoms with van der Waals surface area (Å²) in [7, 11) is -3.99. The van der Waals surface area contributed by atoms with E-state index in [0.29, 0.717) is 22.9 Å². The molecule has 1 saturated carbocycles. The molecule has 0 amide bonds. The van der Waals surface area contributed by atoms with Gasteiger partial charge < -0.3 is 14.6 Å². The molecule has 0 radical (unpaired) electrons. The van der Waals surface area contributed by atoms with Gasteiger partial charge in [-0.2, -0.15) is 4.31 Å². The molecule has 44 heavy (non-hydrogen) atoms. The summed E-state index contributed by atoms with van der Waals surface area (Å²) in [6.07, 6.45) is 5.34. The summed E-state index contributed by atoms with van der Waals surface area (Å²) in [6.45, 7) is 7.75. The molecule has 1 aliphatic carbocycles. The maximum atomic E-state index is 13.9. The average Bonchev–Trinajstić information content (AvgIpc) is 3.73. The van der Waals surface area contributed by atoms with Crippen molar-refractivity contribution in [1.29, 1.82) is 0 Å². The number of aliphatic carboxylic acids is 1. The highest BCUT2D eigenvalue weighted by atomic mass is 32.2. The van der Waals surface area contributed by atoms with Crippen molar-refractivity contribution in [3.05, 3.63) is 70.7 Å². The molecule has 2 aliphatic heterocycles. The number of rotatable bonds is 7. The van der Waals surface area contributed by atoms with E-state index in [2.05, 4.69) is 20.3 Å². The number of hydrogen-bond donors (Lipinski definition) is 1. The van der Waals surface area contributed by atoms with E-state index in [1.165, 1.54) is 16.6 Å². The summed E-state index contributed by atoms with van der Waals surface area (Å²) in [5, 5.41) is 19.3. The molecule has 2 fully saturated rings. The molecule has 3 aromatic heterocycles. The first kappa shape index (κ1) is 28.8. The Hall–Kier alpha value is -3.94. The molecule has 1 N–H and O–H groups in total. The summed E-state index contributed by atoms with van der Waals surface area (Å²) in [5.74, 6) is -1.51. The van der Waals surface area contributed by atoms with Crippen LogP contribution in [0.4, 0.5) is 0 Å². The normalized spacial score (nSPS) is 20.0. The lowest BCUT2D eigenvalue weighted by Gasteiger charge is -2.41. The van der Waals surface area contributed by atoms with Gasteiger partial charge in [-0.05, 0) is 81.0 Å². The van der Waals surface area contributed by atoms with E-state index < -0.39 is 32.9 Å². The molecule has 5 heterocycles. The van der Waals surface area contributed by atoms with Crippen molar-refractivity contribution in [2.24, 2.45) is 5.41 Å². The number of carboxylic acid groups (broad SMARTS) is 1. The molecule has 0 unspecified atom stereocenters. The lowest BCUT2D eigenvalue weighted by molar-refractivity contribution is -0.166. The summed E-state index contributed by atoms with van der Waals surface area (Å²) in [6, 6.07) is 9.25. The Kier molecular flexibility index (Phi) is 6.58. The molecule has 1 aromatic carbocycles. The Morgan fingerprint density at radius 2 is 1.95 bits per heavy atom. The molecule has 13 heteroatoms. The van der Waals surface area contributed by atoms with E-state index in [0.717, 1.165) is 35.0 Å². The van der Waals surface area contributed by atoms with E-state index in [1.807, 2.05) is 36.7 Å². The van der Waals surface area contributed by atoms with Gasteiger partial charge in [0.25, 0.3) is 0 Å². The third-order valence-electron chi connectivity index (χ3n) is 9.17. The molecule has 1 saturated heterocycles. The van der Waals surface area contributed by atoms with Crippen molar-refractivity contribution in [3.63, 3.8) is 0 Å². The van der Waals surface area contributed by atoms with Crippen LogP contribution in [0, 0.1) is 19.3 Å². The number of sulfonamides is 1. The fraction of sp³-hybridized carbons (Fsp3) is 0.452. The highest BCUT2D eigenvalue weighted by Gasteiger charge is 2.49. The van der Waals surface area contributed by atoms with E-state index in [-0.39, 0.29) is 37.1 Å². The third kappa shape index (κ3) is 4.56.